The Labute approximate surface area is 127 Å². The summed E-state index contributed by atoms with van der Waals surface area (Å²) in [5.74, 6) is 0. The van der Waals surface area contributed by atoms with Gasteiger partial charge in [-0.2, -0.15) is 0 Å². The van der Waals surface area contributed by atoms with Gasteiger partial charge in [0.05, 0.1) is 17.6 Å². The van der Waals surface area contributed by atoms with E-state index >= 15 is 0 Å². The minimum Gasteiger partial charge on any atom is -0.314 e. The number of nitrogens with one attached hydrogen (secondary N) is 1. The molecule has 1 atom stereocenters. The predicted octanol–water partition coefficient (Wildman–Crippen LogP) is 3.32. The van der Waals surface area contributed by atoms with Crippen molar-refractivity contribution in [3.05, 3.63) is 42.2 Å². The lowest BCUT2D eigenvalue weighted by molar-refractivity contribution is 0.375. The monoisotopic (exact) mass is 286 g/mol. The molecule has 0 saturated heterocycles. The number of hydrogen-bond acceptors (Lipinski definition) is 3. The molecule has 0 fully saturated rings. The van der Waals surface area contributed by atoms with E-state index in [0.717, 1.165) is 30.8 Å². The molecule has 2 aromatic rings. The fourth-order valence-electron chi connectivity index (χ4n) is 2.79. The summed E-state index contributed by atoms with van der Waals surface area (Å²) in [6, 6.07) is 10.7. The van der Waals surface area contributed by atoms with E-state index in [1.807, 2.05) is 29.1 Å². The third kappa shape index (κ3) is 3.91. The lowest BCUT2D eigenvalue weighted by atomic mass is 9.83. The van der Waals surface area contributed by atoms with Crippen LogP contribution in [0.1, 0.15) is 46.2 Å². The molecule has 0 bridgehead atoms. The van der Waals surface area contributed by atoms with Crippen LogP contribution in [0.4, 0.5) is 0 Å². The Morgan fingerprint density at radius 3 is 2.62 bits per heavy atom. The van der Waals surface area contributed by atoms with Crippen LogP contribution in [0.5, 0.6) is 0 Å². The van der Waals surface area contributed by atoms with Crippen LogP contribution in [0.2, 0.25) is 0 Å². The van der Waals surface area contributed by atoms with Crippen molar-refractivity contribution in [3.63, 3.8) is 0 Å². The highest BCUT2D eigenvalue weighted by atomic mass is 15.4. The molecular formula is C17H26N4. The van der Waals surface area contributed by atoms with E-state index in [-0.39, 0.29) is 5.41 Å². The van der Waals surface area contributed by atoms with Crippen molar-refractivity contribution in [2.45, 2.75) is 52.0 Å². The van der Waals surface area contributed by atoms with Gasteiger partial charge in [0.15, 0.2) is 0 Å². The molecule has 0 amide bonds. The van der Waals surface area contributed by atoms with Crippen molar-refractivity contribution in [1.82, 2.24) is 20.3 Å². The molecular weight excluding hydrogens is 260 g/mol. The first-order chi connectivity index (χ1) is 10.0. The summed E-state index contributed by atoms with van der Waals surface area (Å²) in [5.41, 5.74) is 2.23. The van der Waals surface area contributed by atoms with Crippen LogP contribution in [0.25, 0.3) is 5.69 Å². The number of aromatic nitrogens is 3. The zero-order valence-electron chi connectivity index (χ0n) is 13.5. The van der Waals surface area contributed by atoms with Crippen LogP contribution < -0.4 is 5.32 Å². The molecule has 114 valence electrons. The number of hydrogen-bond donors (Lipinski definition) is 1. The first-order valence-electron chi connectivity index (χ1n) is 7.74. The predicted molar refractivity (Wildman–Crippen MR) is 86.8 cm³/mol. The van der Waals surface area contributed by atoms with Gasteiger partial charge in [0.1, 0.15) is 0 Å². The van der Waals surface area contributed by atoms with Gasteiger partial charge in [-0.05, 0) is 38.4 Å². The van der Waals surface area contributed by atoms with Gasteiger partial charge < -0.3 is 5.32 Å². The van der Waals surface area contributed by atoms with Crippen molar-refractivity contribution in [2.75, 3.05) is 6.54 Å². The maximum Gasteiger partial charge on any atom is 0.0735 e. The smallest absolute Gasteiger partial charge is 0.0735 e. The summed E-state index contributed by atoms with van der Waals surface area (Å²) in [6.07, 6.45) is 4.10. The normalized spacial score (nSPS) is 13.3. The van der Waals surface area contributed by atoms with Gasteiger partial charge in [-0.25, -0.2) is 4.68 Å². The second kappa shape index (κ2) is 6.85. The maximum atomic E-state index is 4.27. The molecule has 1 heterocycles. The van der Waals surface area contributed by atoms with Crippen LogP contribution in [-0.2, 0) is 5.41 Å². The molecule has 0 spiro atoms. The van der Waals surface area contributed by atoms with E-state index in [2.05, 4.69) is 55.5 Å². The lowest BCUT2D eigenvalue weighted by Gasteiger charge is -2.28. The molecule has 1 aromatic heterocycles. The quantitative estimate of drug-likeness (QED) is 0.849. The van der Waals surface area contributed by atoms with Gasteiger partial charge in [0.25, 0.3) is 0 Å². The zero-order valence-corrected chi connectivity index (χ0v) is 13.5. The van der Waals surface area contributed by atoms with Crippen LogP contribution in [0.15, 0.2) is 36.5 Å². The molecule has 4 nitrogen and oxygen atoms in total. The van der Waals surface area contributed by atoms with Crippen LogP contribution in [-0.4, -0.2) is 27.6 Å². The average Bonchev–Trinajstić information content (AvgIpc) is 2.96. The maximum absolute atomic E-state index is 4.27. The average molecular weight is 286 g/mol. The van der Waals surface area contributed by atoms with Gasteiger partial charge in [-0.15, -0.1) is 5.10 Å². The summed E-state index contributed by atoms with van der Waals surface area (Å²) >= 11 is 0. The van der Waals surface area contributed by atoms with Crippen molar-refractivity contribution in [2.24, 2.45) is 0 Å². The van der Waals surface area contributed by atoms with E-state index < -0.39 is 0 Å². The van der Waals surface area contributed by atoms with Gasteiger partial charge in [0, 0.05) is 11.5 Å². The van der Waals surface area contributed by atoms with Crippen molar-refractivity contribution < 1.29 is 0 Å². The molecule has 0 saturated carbocycles. The van der Waals surface area contributed by atoms with Crippen molar-refractivity contribution >= 4 is 0 Å². The molecule has 0 aliphatic heterocycles. The van der Waals surface area contributed by atoms with Gasteiger partial charge >= 0.3 is 0 Å². The minimum atomic E-state index is 0.0134. The van der Waals surface area contributed by atoms with E-state index in [1.165, 1.54) is 0 Å². The fourth-order valence-corrected chi connectivity index (χ4v) is 2.79. The molecule has 0 aliphatic rings. The van der Waals surface area contributed by atoms with E-state index in [0.29, 0.717) is 6.04 Å². The Bertz CT molecular complexity index is 545. The van der Waals surface area contributed by atoms with Crippen LogP contribution in [0, 0.1) is 0 Å². The van der Waals surface area contributed by atoms with Crippen LogP contribution >= 0.6 is 0 Å². The van der Waals surface area contributed by atoms with Gasteiger partial charge in [-0.1, -0.05) is 44.2 Å². The second-order valence-electron chi connectivity index (χ2n) is 6.31. The molecule has 0 aliphatic carbocycles. The summed E-state index contributed by atoms with van der Waals surface area (Å²) < 4.78 is 1.95. The summed E-state index contributed by atoms with van der Waals surface area (Å²) in [5, 5.41) is 12.0. The highest BCUT2D eigenvalue weighted by Crippen LogP contribution is 2.29. The van der Waals surface area contributed by atoms with Crippen molar-refractivity contribution in [3.8, 4) is 5.69 Å². The summed E-state index contributed by atoms with van der Waals surface area (Å²) in [6.45, 7) is 10.0. The van der Waals surface area contributed by atoms with E-state index in [9.17, 15) is 0 Å². The van der Waals surface area contributed by atoms with Gasteiger partial charge in [-0.3, -0.25) is 0 Å². The Hall–Kier alpha value is -1.68. The summed E-state index contributed by atoms with van der Waals surface area (Å²) in [4.78, 5) is 0. The third-order valence-electron chi connectivity index (χ3n) is 3.80. The molecule has 21 heavy (non-hydrogen) atoms. The van der Waals surface area contributed by atoms with Crippen LogP contribution in [0.3, 0.4) is 0 Å². The second-order valence-corrected chi connectivity index (χ2v) is 6.31. The first kappa shape index (κ1) is 15.7. The molecule has 1 aromatic carbocycles. The first-order valence-corrected chi connectivity index (χ1v) is 7.74. The summed E-state index contributed by atoms with van der Waals surface area (Å²) in [7, 11) is 0. The number of para-hydroxylation sites is 1. The number of rotatable bonds is 7. The third-order valence-corrected chi connectivity index (χ3v) is 3.80. The highest BCUT2D eigenvalue weighted by molar-refractivity contribution is 5.33. The van der Waals surface area contributed by atoms with Gasteiger partial charge in [0.2, 0.25) is 0 Å². The Morgan fingerprint density at radius 1 is 1.24 bits per heavy atom. The molecule has 4 heteroatoms. The number of nitrogens with zero attached hydrogens (tertiary/aromatic N) is 3. The molecule has 0 radical (unpaired) electrons. The topological polar surface area (TPSA) is 42.7 Å². The Balaban J connectivity index is 2.19. The fraction of sp³-hybridized carbons (Fsp3) is 0.529. The minimum absolute atomic E-state index is 0.0134. The van der Waals surface area contributed by atoms with E-state index in [1.54, 1.807) is 0 Å². The lowest BCUT2D eigenvalue weighted by Crippen LogP contribution is -2.34. The molecule has 2 rings (SSSR count). The molecule has 1 N–H and O–H groups in total. The number of benzene rings is 1. The zero-order chi connectivity index (χ0) is 15.3. The Kier molecular flexibility index (Phi) is 5.12. The SMILES string of the molecule is CCCNC(C)CC(C)(C)c1cnnn1-c1ccccc1. The van der Waals surface area contributed by atoms with Crippen molar-refractivity contribution in [1.29, 1.82) is 0 Å². The van der Waals surface area contributed by atoms with E-state index in [4.69, 9.17) is 0 Å². The standard InChI is InChI=1S/C17H26N4/c1-5-11-18-14(2)12-17(3,4)16-13-19-20-21(16)15-9-7-6-8-10-15/h6-10,13-14,18H,5,11-12H2,1-4H3. The molecule has 1 unspecified atom stereocenters. The Morgan fingerprint density at radius 2 is 1.95 bits per heavy atom. The highest BCUT2D eigenvalue weighted by Gasteiger charge is 2.28. The largest absolute Gasteiger partial charge is 0.314 e.